The van der Waals surface area contributed by atoms with Crippen LogP contribution in [0.3, 0.4) is 0 Å². The van der Waals surface area contributed by atoms with Crippen LogP contribution in [0.1, 0.15) is 26.7 Å². The van der Waals surface area contributed by atoms with Crippen LogP contribution in [0, 0.1) is 0 Å². The molecule has 1 unspecified atom stereocenters. The molecule has 0 saturated carbocycles. The summed E-state index contributed by atoms with van der Waals surface area (Å²) in [5.74, 6) is 1.11. The van der Waals surface area contributed by atoms with Crippen LogP contribution < -0.4 is 20.3 Å². The Balaban J connectivity index is 1.50. The SMILES string of the molecule is CCOc1ccc(NC(=O)CSc2nc3ccccc3c(=O)n2CC2CCCO2)cc1OCC. The van der Waals surface area contributed by atoms with Gasteiger partial charge >= 0.3 is 0 Å². The number of thioether (sulfide) groups is 1. The lowest BCUT2D eigenvalue weighted by molar-refractivity contribution is -0.113. The van der Waals surface area contributed by atoms with Crippen LogP contribution in [0.5, 0.6) is 11.5 Å². The van der Waals surface area contributed by atoms with Gasteiger partial charge in [0, 0.05) is 18.4 Å². The van der Waals surface area contributed by atoms with Crippen LogP contribution in [0.4, 0.5) is 5.69 Å². The Hall–Kier alpha value is -3.04. The lowest BCUT2D eigenvalue weighted by atomic mass is 10.2. The molecule has 1 amide bonds. The minimum absolute atomic E-state index is 0.0188. The van der Waals surface area contributed by atoms with Crippen molar-refractivity contribution in [3.63, 3.8) is 0 Å². The first-order valence-corrected chi connectivity index (χ1v) is 12.5. The zero-order valence-electron chi connectivity index (χ0n) is 19.4. The lowest BCUT2D eigenvalue weighted by Crippen LogP contribution is -2.29. The van der Waals surface area contributed by atoms with Gasteiger partial charge in [0.2, 0.25) is 5.91 Å². The third-order valence-electron chi connectivity index (χ3n) is 5.40. The normalized spacial score (nSPS) is 15.4. The van der Waals surface area contributed by atoms with E-state index in [2.05, 4.69) is 10.3 Å². The fraction of sp³-hybridized carbons (Fsp3) is 0.400. The maximum atomic E-state index is 13.2. The number of amides is 1. The summed E-state index contributed by atoms with van der Waals surface area (Å²) in [6.07, 6.45) is 1.87. The first-order valence-electron chi connectivity index (χ1n) is 11.5. The number of rotatable bonds is 10. The third-order valence-corrected chi connectivity index (χ3v) is 6.37. The molecule has 3 aromatic rings. The van der Waals surface area contributed by atoms with Crippen LogP contribution in [0.2, 0.25) is 0 Å². The topological polar surface area (TPSA) is 91.7 Å². The Labute approximate surface area is 202 Å². The Bertz CT molecular complexity index is 1210. The molecule has 1 saturated heterocycles. The molecule has 1 aliphatic heterocycles. The summed E-state index contributed by atoms with van der Waals surface area (Å²) in [6, 6.07) is 12.6. The highest BCUT2D eigenvalue weighted by Crippen LogP contribution is 2.31. The predicted octanol–water partition coefficient (Wildman–Crippen LogP) is 4.10. The average Bonchev–Trinajstić information content (AvgIpc) is 3.35. The van der Waals surface area contributed by atoms with Crippen LogP contribution in [-0.4, -0.2) is 47.1 Å². The average molecular weight is 484 g/mol. The van der Waals surface area contributed by atoms with Gasteiger partial charge in [0.1, 0.15) is 0 Å². The first-order chi connectivity index (χ1) is 16.6. The smallest absolute Gasteiger partial charge is 0.262 e. The van der Waals surface area contributed by atoms with E-state index < -0.39 is 0 Å². The van der Waals surface area contributed by atoms with Crippen molar-refractivity contribution in [1.82, 2.24) is 9.55 Å². The number of aromatic nitrogens is 2. The van der Waals surface area contributed by atoms with Gasteiger partial charge in [-0.1, -0.05) is 23.9 Å². The van der Waals surface area contributed by atoms with Crippen molar-refractivity contribution in [3.8, 4) is 11.5 Å². The zero-order valence-corrected chi connectivity index (χ0v) is 20.2. The summed E-state index contributed by atoms with van der Waals surface area (Å²) in [6.45, 7) is 5.94. The summed E-state index contributed by atoms with van der Waals surface area (Å²) in [4.78, 5) is 30.6. The Kier molecular flexibility index (Phi) is 8.08. The van der Waals surface area contributed by atoms with E-state index >= 15 is 0 Å². The number of carbonyl (C=O) groups excluding carboxylic acids is 1. The monoisotopic (exact) mass is 483 g/mol. The van der Waals surface area contributed by atoms with Crippen molar-refractivity contribution in [1.29, 1.82) is 0 Å². The summed E-state index contributed by atoms with van der Waals surface area (Å²) >= 11 is 1.24. The van der Waals surface area contributed by atoms with Gasteiger partial charge in [0.05, 0.1) is 42.5 Å². The van der Waals surface area contributed by atoms with Crippen LogP contribution >= 0.6 is 11.8 Å². The molecule has 2 aromatic carbocycles. The number of carbonyl (C=O) groups is 1. The van der Waals surface area contributed by atoms with E-state index in [1.165, 1.54) is 11.8 Å². The first kappa shape index (κ1) is 24.1. The Morgan fingerprint density at radius 1 is 1.18 bits per heavy atom. The van der Waals surface area contributed by atoms with E-state index in [0.717, 1.165) is 12.8 Å². The molecule has 1 fully saturated rings. The maximum absolute atomic E-state index is 13.2. The second-order valence-corrected chi connectivity index (χ2v) is 8.77. The molecular formula is C25H29N3O5S. The molecular weight excluding hydrogens is 454 g/mol. The predicted molar refractivity (Wildman–Crippen MR) is 133 cm³/mol. The molecule has 0 bridgehead atoms. The van der Waals surface area contributed by atoms with Crippen LogP contribution in [0.15, 0.2) is 52.4 Å². The van der Waals surface area contributed by atoms with Gasteiger partial charge in [0.15, 0.2) is 16.7 Å². The van der Waals surface area contributed by atoms with Crippen molar-refractivity contribution in [2.45, 2.75) is 44.5 Å². The van der Waals surface area contributed by atoms with E-state index in [1.54, 1.807) is 28.8 Å². The number of anilines is 1. The molecule has 1 aliphatic rings. The molecule has 1 N–H and O–H groups in total. The maximum Gasteiger partial charge on any atom is 0.262 e. The highest BCUT2D eigenvalue weighted by atomic mass is 32.2. The second kappa shape index (κ2) is 11.4. The van der Waals surface area contributed by atoms with Crippen molar-refractivity contribution < 1.29 is 19.0 Å². The number of hydrogen-bond acceptors (Lipinski definition) is 7. The van der Waals surface area contributed by atoms with E-state index in [1.807, 2.05) is 32.0 Å². The fourth-order valence-corrected chi connectivity index (χ4v) is 4.68. The van der Waals surface area contributed by atoms with E-state index in [4.69, 9.17) is 14.2 Å². The Morgan fingerprint density at radius 2 is 1.97 bits per heavy atom. The lowest BCUT2D eigenvalue weighted by Gasteiger charge is -2.16. The molecule has 8 nitrogen and oxygen atoms in total. The number of ether oxygens (including phenoxy) is 3. The highest BCUT2D eigenvalue weighted by molar-refractivity contribution is 7.99. The van der Waals surface area contributed by atoms with E-state index in [0.29, 0.717) is 59.6 Å². The highest BCUT2D eigenvalue weighted by Gasteiger charge is 2.21. The van der Waals surface area contributed by atoms with Gasteiger partial charge in [-0.2, -0.15) is 0 Å². The molecule has 9 heteroatoms. The number of hydrogen-bond donors (Lipinski definition) is 1. The van der Waals surface area contributed by atoms with Crippen molar-refractivity contribution in [2.75, 3.05) is 30.9 Å². The van der Waals surface area contributed by atoms with Crippen molar-refractivity contribution >= 4 is 34.3 Å². The summed E-state index contributed by atoms with van der Waals surface area (Å²) < 4.78 is 18.6. The molecule has 0 aliphatic carbocycles. The quantitative estimate of drug-likeness (QED) is 0.343. The summed E-state index contributed by atoms with van der Waals surface area (Å²) in [5.41, 5.74) is 1.12. The molecule has 2 heterocycles. The number of nitrogens with zero attached hydrogens (tertiary/aromatic N) is 2. The van der Waals surface area contributed by atoms with Gasteiger partial charge < -0.3 is 19.5 Å². The molecule has 0 radical (unpaired) electrons. The molecule has 1 aromatic heterocycles. The van der Waals surface area contributed by atoms with Gasteiger partial charge in [-0.15, -0.1) is 0 Å². The standard InChI is InChI=1S/C25H29N3O5S/c1-3-31-21-12-11-17(14-22(21)32-4-2)26-23(29)16-34-25-27-20-10-6-5-9-19(20)24(30)28(25)15-18-8-7-13-33-18/h5-6,9-12,14,18H,3-4,7-8,13,15-16H2,1-2H3,(H,26,29). The summed E-state index contributed by atoms with van der Waals surface area (Å²) in [7, 11) is 0. The minimum atomic E-state index is -0.206. The van der Waals surface area contributed by atoms with Crippen LogP contribution in [0.25, 0.3) is 10.9 Å². The molecule has 0 spiro atoms. The number of para-hydroxylation sites is 1. The van der Waals surface area contributed by atoms with Gasteiger partial charge in [-0.05, 0) is 51.0 Å². The second-order valence-electron chi connectivity index (χ2n) is 7.83. The van der Waals surface area contributed by atoms with Crippen molar-refractivity contribution in [3.05, 3.63) is 52.8 Å². The number of nitrogens with one attached hydrogen (secondary N) is 1. The molecule has 34 heavy (non-hydrogen) atoms. The third kappa shape index (κ3) is 5.71. The largest absolute Gasteiger partial charge is 0.490 e. The minimum Gasteiger partial charge on any atom is -0.490 e. The Morgan fingerprint density at radius 3 is 2.74 bits per heavy atom. The van der Waals surface area contributed by atoms with E-state index in [-0.39, 0.29) is 23.3 Å². The van der Waals surface area contributed by atoms with E-state index in [9.17, 15) is 9.59 Å². The molecule has 1 atom stereocenters. The van der Waals surface area contributed by atoms with Gasteiger partial charge in [-0.3, -0.25) is 14.2 Å². The summed E-state index contributed by atoms with van der Waals surface area (Å²) in [5, 5.41) is 3.96. The fourth-order valence-electron chi connectivity index (χ4n) is 3.87. The van der Waals surface area contributed by atoms with Gasteiger partial charge in [0.25, 0.3) is 5.56 Å². The number of fused-ring (bicyclic) bond motifs is 1. The van der Waals surface area contributed by atoms with Crippen LogP contribution in [-0.2, 0) is 16.1 Å². The van der Waals surface area contributed by atoms with Crippen molar-refractivity contribution in [2.24, 2.45) is 0 Å². The number of benzene rings is 2. The molecule has 180 valence electrons. The molecule has 4 rings (SSSR count). The van der Waals surface area contributed by atoms with Gasteiger partial charge in [-0.25, -0.2) is 4.98 Å². The zero-order chi connectivity index (χ0) is 23.9.